The van der Waals surface area contributed by atoms with Crippen molar-refractivity contribution in [1.29, 1.82) is 0 Å². The molecule has 1 aliphatic carbocycles. The first-order valence-corrected chi connectivity index (χ1v) is 8.04. The van der Waals surface area contributed by atoms with Crippen LogP contribution in [-0.4, -0.2) is 39.5 Å². The Morgan fingerprint density at radius 3 is 2.84 bits per heavy atom. The van der Waals surface area contributed by atoms with Gasteiger partial charge in [-0.3, -0.25) is 0 Å². The van der Waals surface area contributed by atoms with Crippen LogP contribution in [0.25, 0.3) is 5.65 Å². The summed E-state index contributed by atoms with van der Waals surface area (Å²) in [5, 5.41) is 9.70. The summed E-state index contributed by atoms with van der Waals surface area (Å²) in [5.74, 6) is 0.653. The molecule has 2 heterocycles. The van der Waals surface area contributed by atoms with Gasteiger partial charge >= 0.3 is 12.3 Å². The number of imidazole rings is 1. The van der Waals surface area contributed by atoms with Gasteiger partial charge in [0.1, 0.15) is 0 Å². The maximum atomic E-state index is 12.1. The molecule has 2 N–H and O–H groups in total. The van der Waals surface area contributed by atoms with E-state index in [1.54, 1.807) is 6.20 Å². The molecule has 0 bridgehead atoms. The summed E-state index contributed by atoms with van der Waals surface area (Å²) in [5.41, 5.74) is 0.308. The van der Waals surface area contributed by atoms with Crippen molar-refractivity contribution in [2.24, 2.45) is 0 Å². The normalized spacial score (nSPS) is 15.5. The minimum Gasteiger partial charge on any atom is -0.406 e. The first kappa shape index (κ1) is 17.3. The highest BCUT2D eigenvalue weighted by Gasteiger charge is 2.27. The quantitative estimate of drug-likeness (QED) is 0.859. The largest absolute Gasteiger partial charge is 0.412 e. The molecule has 1 saturated carbocycles. The third-order valence-corrected chi connectivity index (χ3v) is 3.91. The van der Waals surface area contributed by atoms with Gasteiger partial charge in [-0.25, -0.2) is 14.3 Å². The second kappa shape index (κ2) is 7.16. The average Bonchev–Trinajstić information content (AvgIpc) is 3.17. The molecule has 1 aliphatic rings. The van der Waals surface area contributed by atoms with E-state index in [1.807, 2.05) is 0 Å². The second-order valence-electron chi connectivity index (χ2n) is 5.90. The van der Waals surface area contributed by atoms with Crippen LogP contribution in [0.1, 0.15) is 32.1 Å². The van der Waals surface area contributed by atoms with E-state index in [4.69, 9.17) is 4.74 Å². The Morgan fingerprint density at radius 2 is 2.12 bits per heavy atom. The van der Waals surface area contributed by atoms with Crippen molar-refractivity contribution in [3.05, 3.63) is 18.5 Å². The highest BCUT2D eigenvalue weighted by atomic mass is 19.4. The summed E-state index contributed by atoms with van der Waals surface area (Å²) in [6.45, 7) is -0.550. The van der Waals surface area contributed by atoms with E-state index < -0.39 is 25.2 Å². The van der Waals surface area contributed by atoms with Crippen LogP contribution >= 0.6 is 0 Å². The summed E-state index contributed by atoms with van der Waals surface area (Å²) in [7, 11) is 0. The second-order valence-corrected chi connectivity index (χ2v) is 5.90. The standard InChI is InChI=1S/C15H18F3N5O2/c16-15(17,18)5-6-20-14(24)25-11-9-12(21-10-3-1-2-4-10)22-23-8-7-19-13(11)23/h7-10H,1-6H2,(H,20,24)(H,21,22). The number of carbonyl (C=O) groups excluding carboxylic acids is 1. The molecule has 25 heavy (non-hydrogen) atoms. The van der Waals surface area contributed by atoms with Crippen LogP contribution in [0.2, 0.25) is 0 Å². The molecule has 0 spiro atoms. The number of nitrogens with zero attached hydrogens (tertiary/aromatic N) is 3. The molecule has 7 nitrogen and oxygen atoms in total. The Kier molecular flexibility index (Phi) is 4.95. The van der Waals surface area contributed by atoms with Crippen LogP contribution in [0, 0.1) is 0 Å². The summed E-state index contributed by atoms with van der Waals surface area (Å²) in [6, 6.07) is 1.84. The zero-order valence-electron chi connectivity index (χ0n) is 13.3. The lowest BCUT2D eigenvalue weighted by atomic mass is 10.2. The predicted octanol–water partition coefficient (Wildman–Crippen LogP) is 3.12. The maximum absolute atomic E-state index is 12.1. The molecular weight excluding hydrogens is 339 g/mol. The Morgan fingerprint density at radius 1 is 1.36 bits per heavy atom. The van der Waals surface area contributed by atoms with E-state index in [0.717, 1.165) is 25.7 Å². The zero-order chi connectivity index (χ0) is 17.9. The fourth-order valence-electron chi connectivity index (χ4n) is 2.75. The number of rotatable bonds is 5. The number of alkyl halides is 3. The lowest BCUT2D eigenvalue weighted by Gasteiger charge is -2.14. The fraction of sp³-hybridized carbons (Fsp3) is 0.533. The van der Waals surface area contributed by atoms with Crippen molar-refractivity contribution < 1.29 is 22.7 Å². The summed E-state index contributed by atoms with van der Waals surface area (Å²) < 4.78 is 43.0. The van der Waals surface area contributed by atoms with E-state index in [9.17, 15) is 18.0 Å². The Hall–Kier alpha value is -2.52. The number of nitrogens with one attached hydrogen (secondary N) is 2. The van der Waals surface area contributed by atoms with Crippen molar-refractivity contribution in [2.45, 2.75) is 44.3 Å². The third kappa shape index (κ3) is 4.74. The highest BCUT2D eigenvalue weighted by molar-refractivity contribution is 5.73. The Bertz CT molecular complexity index is 740. The van der Waals surface area contributed by atoms with E-state index in [2.05, 4.69) is 20.7 Å². The highest BCUT2D eigenvalue weighted by Crippen LogP contribution is 2.25. The molecule has 136 valence electrons. The number of hydrogen-bond donors (Lipinski definition) is 2. The molecule has 1 fully saturated rings. The Balaban J connectivity index is 1.68. The molecule has 0 aromatic carbocycles. The average molecular weight is 357 g/mol. The first-order chi connectivity index (χ1) is 11.9. The van der Waals surface area contributed by atoms with E-state index in [-0.39, 0.29) is 5.75 Å². The topological polar surface area (TPSA) is 80.5 Å². The molecule has 10 heteroatoms. The fourth-order valence-corrected chi connectivity index (χ4v) is 2.75. The SMILES string of the molecule is O=C(NCCC(F)(F)F)Oc1cc(NC2CCCC2)nn2ccnc12. The maximum Gasteiger partial charge on any atom is 0.412 e. The number of anilines is 1. The van der Waals surface area contributed by atoms with E-state index in [0.29, 0.717) is 17.5 Å². The lowest BCUT2D eigenvalue weighted by Crippen LogP contribution is -2.30. The predicted molar refractivity (Wildman–Crippen MR) is 83.6 cm³/mol. The molecule has 0 unspecified atom stereocenters. The minimum atomic E-state index is -4.33. The molecule has 0 atom stereocenters. The molecule has 2 aromatic heterocycles. The van der Waals surface area contributed by atoms with Crippen LogP contribution in [-0.2, 0) is 0 Å². The van der Waals surface area contributed by atoms with Gasteiger partial charge in [0.15, 0.2) is 17.2 Å². The molecule has 2 aromatic rings. The third-order valence-electron chi connectivity index (χ3n) is 3.91. The number of halogens is 3. The molecule has 0 saturated heterocycles. The van der Waals surface area contributed by atoms with Gasteiger partial charge in [0.2, 0.25) is 0 Å². The van der Waals surface area contributed by atoms with Gasteiger partial charge in [-0.1, -0.05) is 12.8 Å². The number of ether oxygens (including phenoxy) is 1. The van der Waals surface area contributed by atoms with Gasteiger partial charge in [0, 0.05) is 31.0 Å². The smallest absolute Gasteiger partial charge is 0.406 e. The van der Waals surface area contributed by atoms with E-state index >= 15 is 0 Å². The Labute approximate surface area is 141 Å². The molecule has 0 aliphatic heterocycles. The number of fused-ring (bicyclic) bond motifs is 1. The molecular formula is C15H18F3N5O2. The van der Waals surface area contributed by atoms with Gasteiger partial charge in [0.05, 0.1) is 6.42 Å². The van der Waals surface area contributed by atoms with Crippen LogP contribution < -0.4 is 15.4 Å². The van der Waals surface area contributed by atoms with Gasteiger partial charge in [0.25, 0.3) is 0 Å². The molecule has 1 amide bonds. The summed E-state index contributed by atoms with van der Waals surface area (Å²) in [4.78, 5) is 15.8. The number of aromatic nitrogens is 3. The van der Waals surface area contributed by atoms with Gasteiger partial charge in [-0.05, 0) is 12.8 Å². The van der Waals surface area contributed by atoms with Gasteiger partial charge in [-0.2, -0.15) is 13.2 Å². The number of amides is 1. The monoisotopic (exact) mass is 357 g/mol. The van der Waals surface area contributed by atoms with Gasteiger partial charge < -0.3 is 15.4 Å². The van der Waals surface area contributed by atoms with Gasteiger partial charge in [-0.15, -0.1) is 5.10 Å². The van der Waals surface area contributed by atoms with Crippen LogP contribution in [0.15, 0.2) is 18.5 Å². The van der Waals surface area contributed by atoms with Crippen molar-refractivity contribution in [1.82, 2.24) is 19.9 Å². The minimum absolute atomic E-state index is 0.130. The van der Waals surface area contributed by atoms with E-state index in [1.165, 1.54) is 16.8 Å². The lowest BCUT2D eigenvalue weighted by molar-refractivity contribution is -0.133. The van der Waals surface area contributed by atoms with Crippen molar-refractivity contribution in [3.63, 3.8) is 0 Å². The van der Waals surface area contributed by atoms with Crippen LogP contribution in [0.5, 0.6) is 5.75 Å². The zero-order valence-corrected chi connectivity index (χ0v) is 13.3. The van der Waals surface area contributed by atoms with Crippen molar-refractivity contribution in [3.8, 4) is 5.75 Å². The first-order valence-electron chi connectivity index (χ1n) is 8.04. The molecule has 3 rings (SSSR count). The van der Waals surface area contributed by atoms with Crippen molar-refractivity contribution in [2.75, 3.05) is 11.9 Å². The van der Waals surface area contributed by atoms with Crippen LogP contribution in [0.4, 0.5) is 23.8 Å². The summed E-state index contributed by atoms with van der Waals surface area (Å²) >= 11 is 0. The van der Waals surface area contributed by atoms with Crippen molar-refractivity contribution >= 4 is 17.6 Å². The summed E-state index contributed by atoms with van der Waals surface area (Å²) in [6.07, 6.45) is 1.05. The molecule has 0 radical (unpaired) electrons. The van der Waals surface area contributed by atoms with Crippen LogP contribution in [0.3, 0.4) is 0 Å². The number of carbonyl (C=O) groups is 1. The number of hydrogen-bond acceptors (Lipinski definition) is 5.